The molecule has 1 heterocycles. The summed E-state index contributed by atoms with van der Waals surface area (Å²) in [4.78, 5) is 3.94. The van der Waals surface area contributed by atoms with Gasteiger partial charge in [0.25, 0.3) is 0 Å². The van der Waals surface area contributed by atoms with Gasteiger partial charge in [-0.3, -0.25) is 0 Å². The first-order chi connectivity index (χ1) is 5.02. The Morgan fingerprint density at radius 2 is 1.82 bits per heavy atom. The number of oxazole rings is 1. The van der Waals surface area contributed by atoms with Crippen molar-refractivity contribution in [3.8, 4) is 0 Å². The lowest BCUT2D eigenvalue weighted by atomic mass is 10.6. The lowest BCUT2D eigenvalue weighted by molar-refractivity contribution is 0.521. The molecular weight excluding hydrogens is 483 g/mol. The van der Waals surface area contributed by atoms with Crippen LogP contribution in [0.25, 0.3) is 0 Å². The summed E-state index contributed by atoms with van der Waals surface area (Å²) in [6.45, 7) is 3.73. The second-order valence-electron chi connectivity index (χ2n) is 1.76. The monoisotopic (exact) mass is 491 g/mol. The Morgan fingerprint density at radius 3 is 1.91 bits per heavy atom. The van der Waals surface area contributed by atoms with Gasteiger partial charge in [-0.25, -0.2) is 4.98 Å². The van der Waals surface area contributed by atoms with E-state index in [1.807, 2.05) is 13.8 Å². The molecule has 0 N–H and O–H groups in total. The average Bonchev–Trinajstić information content (AvgIpc) is 2.13. The van der Waals surface area contributed by atoms with Crippen molar-refractivity contribution in [3.05, 3.63) is 17.8 Å². The van der Waals surface area contributed by atoms with Gasteiger partial charge in [0.15, 0.2) is 5.89 Å². The van der Waals surface area contributed by atoms with E-state index in [0.29, 0.717) is 0 Å². The van der Waals surface area contributed by atoms with Crippen molar-refractivity contribution in [2.75, 3.05) is 0 Å². The van der Waals surface area contributed by atoms with Crippen LogP contribution in [0.3, 0.4) is 0 Å². The molecule has 64 valence electrons. The quantitative estimate of drug-likeness (QED) is 0.408. The van der Waals surface area contributed by atoms with Gasteiger partial charge in [-0.15, -0.1) is 0 Å². The molecule has 0 atom stereocenters. The van der Waals surface area contributed by atoms with Crippen LogP contribution in [0.2, 0.25) is 0 Å². The number of aryl methyl sites for hydroxylation is 2. The molecule has 0 amide bonds. The number of nitrogens with zero attached hydrogens (tertiary/aromatic N) is 1. The maximum Gasteiger partial charge on any atom is 0.191 e. The summed E-state index contributed by atoms with van der Waals surface area (Å²) in [7, 11) is 0. The molecule has 5 heteroatoms. The molecule has 0 aliphatic carbocycles. The number of halogens is 3. The fraction of sp³-hybridized carbons (Fsp3) is 0.500. The fourth-order valence-corrected chi connectivity index (χ4v) is 0.472. The van der Waals surface area contributed by atoms with Crippen molar-refractivity contribution in [2.24, 2.45) is 0 Å². The van der Waals surface area contributed by atoms with Crippen molar-refractivity contribution >= 4 is 67.8 Å². The Kier molecular flexibility index (Phi) is 7.74. The summed E-state index contributed by atoms with van der Waals surface area (Å²) < 4.78 is 5.60. The van der Waals surface area contributed by atoms with Crippen LogP contribution < -0.4 is 0 Å². The molecule has 0 fully saturated rings. The number of hydrogen-bond acceptors (Lipinski definition) is 2. The highest BCUT2D eigenvalue weighted by atomic mass is 127. The molecule has 0 aromatic carbocycles. The van der Waals surface area contributed by atoms with Gasteiger partial charge in [0.2, 0.25) is 0 Å². The van der Waals surface area contributed by atoms with E-state index < -0.39 is 0 Å². The summed E-state index contributed by atoms with van der Waals surface area (Å²) in [6, 6.07) is 0. The predicted octanol–water partition coefficient (Wildman–Crippen LogP) is 3.87. The molecule has 1 aromatic rings. The molecule has 0 radical (unpaired) electrons. The zero-order valence-electron chi connectivity index (χ0n) is 6.14. The van der Waals surface area contributed by atoms with Crippen molar-refractivity contribution in [1.82, 2.24) is 4.98 Å². The third kappa shape index (κ3) is 9.31. The first kappa shape index (κ1) is 12.4. The van der Waals surface area contributed by atoms with Crippen LogP contribution in [0.4, 0.5) is 0 Å². The van der Waals surface area contributed by atoms with Gasteiger partial charge in [-0.05, 0) is 6.92 Å². The van der Waals surface area contributed by atoms with E-state index in [9.17, 15) is 0 Å². The van der Waals surface area contributed by atoms with Gasteiger partial charge in [0.1, 0.15) is 6.20 Å². The van der Waals surface area contributed by atoms with Crippen molar-refractivity contribution in [2.45, 2.75) is 13.8 Å². The van der Waals surface area contributed by atoms with E-state index in [1.165, 1.54) is 0 Å². The SMILES string of the molecule is Cc1coc(C)n1.IC(I)I. The van der Waals surface area contributed by atoms with Crippen LogP contribution in [0.15, 0.2) is 10.7 Å². The van der Waals surface area contributed by atoms with E-state index in [1.54, 1.807) is 6.26 Å². The molecule has 0 spiro atoms. The fourth-order valence-electron chi connectivity index (χ4n) is 0.472. The van der Waals surface area contributed by atoms with Crippen LogP contribution in [-0.2, 0) is 0 Å². The first-order valence-corrected chi connectivity index (χ1v) is 6.57. The lowest BCUT2D eigenvalue weighted by Gasteiger charge is -1.71. The minimum Gasteiger partial charge on any atom is -0.449 e. The molecular formula is C6H8I3NO. The Hall–Kier alpha value is 1.40. The largest absolute Gasteiger partial charge is 0.449 e. The van der Waals surface area contributed by atoms with Crippen LogP contribution in [0.5, 0.6) is 0 Å². The van der Waals surface area contributed by atoms with E-state index in [-0.39, 0.29) is 0 Å². The van der Waals surface area contributed by atoms with E-state index in [2.05, 4.69) is 72.8 Å². The van der Waals surface area contributed by atoms with Crippen molar-refractivity contribution in [1.29, 1.82) is 0 Å². The van der Waals surface area contributed by atoms with Crippen molar-refractivity contribution in [3.63, 3.8) is 0 Å². The number of rotatable bonds is 0. The van der Waals surface area contributed by atoms with Crippen LogP contribution >= 0.6 is 67.8 Å². The van der Waals surface area contributed by atoms with Gasteiger partial charge >= 0.3 is 0 Å². The smallest absolute Gasteiger partial charge is 0.191 e. The van der Waals surface area contributed by atoms with Gasteiger partial charge in [-0.1, -0.05) is 67.8 Å². The molecule has 0 saturated carbocycles. The molecule has 1 aromatic heterocycles. The maximum absolute atomic E-state index is 4.85. The second kappa shape index (κ2) is 6.87. The minimum absolute atomic E-state index is 0.734. The molecule has 2 nitrogen and oxygen atoms in total. The summed E-state index contributed by atoms with van der Waals surface area (Å²) in [6.07, 6.45) is 1.63. The Labute approximate surface area is 107 Å². The number of hydrogen-bond donors (Lipinski definition) is 0. The van der Waals surface area contributed by atoms with Crippen LogP contribution in [0.1, 0.15) is 11.6 Å². The highest BCUT2D eigenvalue weighted by Crippen LogP contribution is 2.16. The van der Waals surface area contributed by atoms with Crippen LogP contribution in [0, 0.1) is 13.8 Å². The highest BCUT2D eigenvalue weighted by Gasteiger charge is 1.87. The normalized spacial score (nSPS) is 9.27. The summed E-state index contributed by atoms with van der Waals surface area (Å²) in [5, 5.41) is 0. The summed E-state index contributed by atoms with van der Waals surface area (Å²) >= 11 is 6.95. The van der Waals surface area contributed by atoms with Gasteiger partial charge in [0, 0.05) is 6.92 Å². The van der Waals surface area contributed by atoms with E-state index in [4.69, 9.17) is 4.42 Å². The molecule has 0 aliphatic rings. The zero-order chi connectivity index (χ0) is 8.85. The van der Waals surface area contributed by atoms with Crippen LogP contribution in [-0.4, -0.2) is 4.92 Å². The van der Waals surface area contributed by atoms with Crippen molar-refractivity contribution < 1.29 is 4.42 Å². The second-order valence-corrected chi connectivity index (χ2v) is 12.6. The lowest BCUT2D eigenvalue weighted by Crippen LogP contribution is -1.67. The molecule has 0 saturated heterocycles. The minimum atomic E-state index is 0.734. The number of alkyl halides is 3. The predicted molar refractivity (Wildman–Crippen MR) is 71.8 cm³/mol. The molecule has 0 bridgehead atoms. The molecule has 0 aliphatic heterocycles. The maximum atomic E-state index is 4.85. The van der Waals surface area contributed by atoms with Gasteiger partial charge in [-0.2, -0.15) is 0 Å². The molecule has 1 rings (SSSR count). The first-order valence-electron chi connectivity index (χ1n) is 2.83. The van der Waals surface area contributed by atoms with Gasteiger partial charge < -0.3 is 4.42 Å². The van der Waals surface area contributed by atoms with E-state index in [0.717, 1.165) is 11.5 Å². The number of aromatic nitrogens is 1. The zero-order valence-corrected chi connectivity index (χ0v) is 12.6. The average molecular weight is 491 g/mol. The third-order valence-electron chi connectivity index (χ3n) is 0.734. The topological polar surface area (TPSA) is 26.0 Å². The Bertz CT molecular complexity index is 180. The van der Waals surface area contributed by atoms with Gasteiger partial charge in [0.05, 0.1) is 5.69 Å². The standard InChI is InChI=1S/C5H7NO.CHI3/c1-4-3-7-5(2)6-4;2-1(3)4/h3H,1-2H3;1H. The summed E-state index contributed by atoms with van der Waals surface area (Å²) in [5.41, 5.74) is 0.942. The Balaban J connectivity index is 0.000000218. The molecule has 0 unspecified atom stereocenters. The molecule has 11 heavy (non-hydrogen) atoms. The van der Waals surface area contributed by atoms with E-state index >= 15 is 0 Å². The third-order valence-corrected chi connectivity index (χ3v) is 0.734. The highest BCUT2D eigenvalue weighted by molar-refractivity contribution is 14.3. The Morgan fingerprint density at radius 1 is 1.36 bits per heavy atom. The summed E-state index contributed by atoms with van der Waals surface area (Å²) in [5.74, 6) is 0.734.